The molecule has 0 aliphatic heterocycles. The van der Waals surface area contributed by atoms with Crippen molar-refractivity contribution < 1.29 is 4.74 Å². The Morgan fingerprint density at radius 2 is 2.17 bits per heavy atom. The van der Waals surface area contributed by atoms with Crippen LogP contribution in [-0.4, -0.2) is 26.8 Å². The van der Waals surface area contributed by atoms with Crippen LogP contribution in [0.1, 0.15) is 25.7 Å². The summed E-state index contributed by atoms with van der Waals surface area (Å²) in [7, 11) is 1.76. The molecule has 0 bridgehead atoms. The average molecular weight is 169 g/mol. The van der Waals surface area contributed by atoms with Crippen LogP contribution in [0.3, 0.4) is 0 Å². The summed E-state index contributed by atoms with van der Waals surface area (Å²) in [6, 6.07) is 0. The van der Waals surface area contributed by atoms with E-state index in [2.05, 4.69) is 5.32 Å². The minimum absolute atomic E-state index is 0.744. The lowest BCUT2D eigenvalue weighted by Crippen LogP contribution is -2.28. The van der Waals surface area contributed by atoms with E-state index in [9.17, 15) is 0 Å². The fraction of sp³-hybridized carbons (Fsp3) is 1.00. The van der Waals surface area contributed by atoms with Crippen molar-refractivity contribution in [3.05, 3.63) is 0 Å². The summed E-state index contributed by atoms with van der Waals surface area (Å²) in [6.07, 6.45) is 5.92. The molecule has 0 radical (unpaired) electrons. The summed E-state index contributed by atoms with van der Waals surface area (Å²) in [5.74, 6) is 1.08. The molecular formula is C10H19NO. The minimum atomic E-state index is 0.744. The highest BCUT2D eigenvalue weighted by molar-refractivity contribution is 5.04. The van der Waals surface area contributed by atoms with Gasteiger partial charge in [0.25, 0.3) is 0 Å². The van der Waals surface area contributed by atoms with E-state index in [0.717, 1.165) is 24.5 Å². The first kappa shape index (κ1) is 8.52. The van der Waals surface area contributed by atoms with Crippen molar-refractivity contribution in [2.24, 2.45) is 11.3 Å². The standard InChI is InChI=1S/C10H19NO/c1-12-7-6-11-8-10(4-5-10)9-2-3-9/h9,11H,2-8H2,1H3. The van der Waals surface area contributed by atoms with Gasteiger partial charge < -0.3 is 10.1 Å². The maximum Gasteiger partial charge on any atom is 0.0587 e. The summed E-state index contributed by atoms with van der Waals surface area (Å²) >= 11 is 0. The van der Waals surface area contributed by atoms with Gasteiger partial charge in [-0.05, 0) is 37.0 Å². The van der Waals surface area contributed by atoms with Gasteiger partial charge in [-0.3, -0.25) is 0 Å². The molecular weight excluding hydrogens is 150 g/mol. The molecule has 0 saturated heterocycles. The molecule has 0 amide bonds. The Bertz CT molecular complexity index is 150. The van der Waals surface area contributed by atoms with Crippen molar-refractivity contribution in [3.63, 3.8) is 0 Å². The first-order valence-electron chi connectivity index (χ1n) is 5.07. The highest BCUT2D eigenvalue weighted by Crippen LogP contribution is 2.60. The van der Waals surface area contributed by atoms with Gasteiger partial charge >= 0.3 is 0 Å². The largest absolute Gasteiger partial charge is 0.383 e. The van der Waals surface area contributed by atoms with Gasteiger partial charge in [-0.25, -0.2) is 0 Å². The Morgan fingerprint density at radius 1 is 1.42 bits per heavy atom. The maximum atomic E-state index is 4.99. The quantitative estimate of drug-likeness (QED) is 0.607. The number of hydrogen-bond donors (Lipinski definition) is 1. The molecule has 0 heterocycles. The van der Waals surface area contributed by atoms with Gasteiger partial charge in [0.05, 0.1) is 6.61 Å². The van der Waals surface area contributed by atoms with Gasteiger partial charge in [0, 0.05) is 20.2 Å². The van der Waals surface area contributed by atoms with E-state index in [1.807, 2.05) is 0 Å². The van der Waals surface area contributed by atoms with Gasteiger partial charge in [-0.15, -0.1) is 0 Å². The molecule has 0 spiro atoms. The van der Waals surface area contributed by atoms with Crippen molar-refractivity contribution in [1.29, 1.82) is 0 Å². The Balaban J connectivity index is 1.59. The smallest absolute Gasteiger partial charge is 0.0587 e. The second-order valence-electron chi connectivity index (χ2n) is 4.31. The molecule has 0 aromatic carbocycles. The van der Waals surface area contributed by atoms with Crippen LogP contribution >= 0.6 is 0 Å². The van der Waals surface area contributed by atoms with Crippen LogP contribution in [0.4, 0.5) is 0 Å². The fourth-order valence-corrected chi connectivity index (χ4v) is 2.10. The summed E-state index contributed by atoms with van der Waals surface area (Å²) in [4.78, 5) is 0. The van der Waals surface area contributed by atoms with Crippen molar-refractivity contribution >= 4 is 0 Å². The molecule has 2 rings (SSSR count). The van der Waals surface area contributed by atoms with Crippen molar-refractivity contribution in [3.8, 4) is 0 Å². The fourth-order valence-electron chi connectivity index (χ4n) is 2.10. The predicted molar refractivity (Wildman–Crippen MR) is 49.1 cm³/mol. The van der Waals surface area contributed by atoms with Crippen LogP contribution < -0.4 is 5.32 Å². The Hall–Kier alpha value is -0.0800. The van der Waals surface area contributed by atoms with Crippen molar-refractivity contribution in [2.75, 3.05) is 26.8 Å². The zero-order chi connectivity index (χ0) is 8.44. The predicted octanol–water partition coefficient (Wildman–Crippen LogP) is 1.41. The van der Waals surface area contributed by atoms with E-state index in [-0.39, 0.29) is 0 Å². The summed E-state index contributed by atoms with van der Waals surface area (Å²) in [5.41, 5.74) is 0.744. The third-order valence-corrected chi connectivity index (χ3v) is 3.30. The molecule has 0 unspecified atom stereocenters. The molecule has 12 heavy (non-hydrogen) atoms. The second-order valence-corrected chi connectivity index (χ2v) is 4.31. The molecule has 2 heteroatoms. The van der Waals surface area contributed by atoms with E-state index >= 15 is 0 Å². The Kier molecular flexibility index (Phi) is 2.37. The van der Waals surface area contributed by atoms with E-state index in [1.54, 1.807) is 7.11 Å². The second kappa shape index (κ2) is 3.35. The lowest BCUT2D eigenvalue weighted by Gasteiger charge is -2.14. The summed E-state index contributed by atoms with van der Waals surface area (Å²) in [6.45, 7) is 3.10. The van der Waals surface area contributed by atoms with Crippen molar-refractivity contribution in [2.45, 2.75) is 25.7 Å². The average Bonchev–Trinajstić information content (AvgIpc) is 2.86. The third kappa shape index (κ3) is 1.80. The van der Waals surface area contributed by atoms with Gasteiger partial charge in [0.2, 0.25) is 0 Å². The molecule has 2 aliphatic rings. The number of methoxy groups -OCH3 is 1. The van der Waals surface area contributed by atoms with Crippen molar-refractivity contribution in [1.82, 2.24) is 5.32 Å². The Labute approximate surface area is 74.7 Å². The number of rotatable bonds is 6. The highest BCUT2D eigenvalue weighted by atomic mass is 16.5. The zero-order valence-electron chi connectivity index (χ0n) is 7.94. The molecule has 70 valence electrons. The van der Waals surface area contributed by atoms with E-state index in [4.69, 9.17) is 4.74 Å². The molecule has 1 N–H and O–H groups in total. The van der Waals surface area contributed by atoms with Crippen LogP contribution in [0.2, 0.25) is 0 Å². The monoisotopic (exact) mass is 169 g/mol. The van der Waals surface area contributed by atoms with Crippen LogP contribution in [-0.2, 0) is 4.74 Å². The van der Waals surface area contributed by atoms with E-state index in [0.29, 0.717) is 0 Å². The number of ether oxygens (including phenoxy) is 1. The third-order valence-electron chi connectivity index (χ3n) is 3.30. The lowest BCUT2D eigenvalue weighted by molar-refractivity contribution is 0.196. The van der Waals surface area contributed by atoms with Crippen LogP contribution in [0, 0.1) is 11.3 Å². The molecule has 2 fully saturated rings. The molecule has 0 aromatic rings. The van der Waals surface area contributed by atoms with Gasteiger partial charge in [0.15, 0.2) is 0 Å². The Morgan fingerprint density at radius 3 is 2.67 bits per heavy atom. The SMILES string of the molecule is COCCNCC1(C2CC2)CC1. The summed E-state index contributed by atoms with van der Waals surface area (Å²) < 4.78 is 4.99. The van der Waals surface area contributed by atoms with E-state index < -0.39 is 0 Å². The molecule has 2 aliphatic carbocycles. The van der Waals surface area contributed by atoms with Gasteiger partial charge in [0.1, 0.15) is 0 Å². The number of hydrogen-bond acceptors (Lipinski definition) is 2. The van der Waals surface area contributed by atoms with E-state index in [1.165, 1.54) is 32.2 Å². The molecule has 2 saturated carbocycles. The van der Waals surface area contributed by atoms with Gasteiger partial charge in [-0.1, -0.05) is 0 Å². The van der Waals surface area contributed by atoms with Crippen LogP contribution in [0.15, 0.2) is 0 Å². The first-order valence-corrected chi connectivity index (χ1v) is 5.07. The molecule has 0 aromatic heterocycles. The number of nitrogens with one attached hydrogen (secondary N) is 1. The molecule has 0 atom stereocenters. The first-order chi connectivity index (χ1) is 5.87. The topological polar surface area (TPSA) is 21.3 Å². The lowest BCUT2D eigenvalue weighted by atomic mass is 10.0. The van der Waals surface area contributed by atoms with Gasteiger partial charge in [-0.2, -0.15) is 0 Å². The maximum absolute atomic E-state index is 4.99. The van der Waals surface area contributed by atoms with Crippen LogP contribution in [0.25, 0.3) is 0 Å². The van der Waals surface area contributed by atoms with Crippen LogP contribution in [0.5, 0.6) is 0 Å². The highest BCUT2D eigenvalue weighted by Gasteiger charge is 2.52. The zero-order valence-corrected chi connectivity index (χ0v) is 7.94. The normalized spacial score (nSPS) is 25.8. The summed E-state index contributed by atoms with van der Waals surface area (Å²) in [5, 5.41) is 3.49. The molecule has 2 nitrogen and oxygen atoms in total. The minimum Gasteiger partial charge on any atom is -0.383 e.